The highest BCUT2D eigenvalue weighted by Crippen LogP contribution is 2.26. The second kappa shape index (κ2) is 6.45. The van der Waals surface area contributed by atoms with Crippen LogP contribution in [-0.2, 0) is 22.6 Å². The molecule has 25 heavy (non-hydrogen) atoms. The van der Waals surface area contributed by atoms with Gasteiger partial charge in [-0.2, -0.15) is 0 Å². The number of carbonyl (C=O) groups is 1. The first-order chi connectivity index (χ1) is 12.2. The molecule has 4 aromatic rings. The zero-order chi connectivity index (χ0) is 17.2. The smallest absolute Gasteiger partial charge is 0.310 e. The van der Waals surface area contributed by atoms with Crippen molar-refractivity contribution in [2.24, 2.45) is 0 Å². The zero-order valence-corrected chi connectivity index (χ0v) is 13.8. The van der Waals surface area contributed by atoms with Crippen LogP contribution in [0.5, 0.6) is 5.75 Å². The van der Waals surface area contributed by atoms with Gasteiger partial charge < -0.3 is 18.8 Å². The summed E-state index contributed by atoms with van der Waals surface area (Å²) in [6.07, 6.45) is 1.57. The van der Waals surface area contributed by atoms with Gasteiger partial charge >= 0.3 is 5.97 Å². The molecule has 0 spiro atoms. The van der Waals surface area contributed by atoms with Crippen molar-refractivity contribution in [3.05, 3.63) is 59.3 Å². The minimum Gasteiger partial charge on any atom is -0.508 e. The molecular formula is C18H13NO5S. The summed E-state index contributed by atoms with van der Waals surface area (Å²) in [7, 11) is 0. The Labute approximate surface area is 146 Å². The zero-order valence-electron chi connectivity index (χ0n) is 13.0. The van der Waals surface area contributed by atoms with Gasteiger partial charge in [0, 0.05) is 23.1 Å². The van der Waals surface area contributed by atoms with Gasteiger partial charge in [0.1, 0.15) is 23.6 Å². The van der Waals surface area contributed by atoms with E-state index in [1.165, 1.54) is 12.3 Å². The molecule has 6 nitrogen and oxygen atoms in total. The van der Waals surface area contributed by atoms with Gasteiger partial charge in [0.25, 0.3) is 0 Å². The summed E-state index contributed by atoms with van der Waals surface area (Å²) >= 11 is 1.55. The molecule has 0 unspecified atom stereocenters. The van der Waals surface area contributed by atoms with Gasteiger partial charge in [-0.15, -0.1) is 11.3 Å². The Morgan fingerprint density at radius 2 is 2.20 bits per heavy atom. The van der Waals surface area contributed by atoms with Crippen LogP contribution >= 0.6 is 11.3 Å². The summed E-state index contributed by atoms with van der Waals surface area (Å²) in [5.41, 5.74) is 1.79. The maximum atomic E-state index is 12.1. The van der Waals surface area contributed by atoms with Crippen LogP contribution in [0.25, 0.3) is 21.6 Å². The van der Waals surface area contributed by atoms with Crippen LogP contribution in [0.2, 0.25) is 0 Å². The fourth-order valence-corrected chi connectivity index (χ4v) is 3.16. The van der Waals surface area contributed by atoms with Crippen LogP contribution in [0, 0.1) is 0 Å². The van der Waals surface area contributed by atoms with Crippen LogP contribution in [0.1, 0.15) is 11.3 Å². The summed E-state index contributed by atoms with van der Waals surface area (Å²) < 4.78 is 15.8. The van der Waals surface area contributed by atoms with Gasteiger partial charge in [0.15, 0.2) is 5.76 Å². The van der Waals surface area contributed by atoms with E-state index in [2.05, 4.69) is 5.16 Å². The fourth-order valence-electron chi connectivity index (χ4n) is 2.48. The van der Waals surface area contributed by atoms with Crippen molar-refractivity contribution in [1.29, 1.82) is 0 Å². The largest absolute Gasteiger partial charge is 0.508 e. The molecule has 0 atom stereocenters. The predicted octanol–water partition coefficient (Wildman–Crippen LogP) is 4.14. The van der Waals surface area contributed by atoms with E-state index in [4.69, 9.17) is 13.7 Å². The number of furan rings is 1. The maximum Gasteiger partial charge on any atom is 0.310 e. The lowest BCUT2D eigenvalue weighted by Crippen LogP contribution is -2.07. The average molecular weight is 355 g/mol. The van der Waals surface area contributed by atoms with E-state index in [9.17, 15) is 9.90 Å². The lowest BCUT2D eigenvalue weighted by Gasteiger charge is -2.01. The van der Waals surface area contributed by atoms with E-state index < -0.39 is 5.97 Å². The van der Waals surface area contributed by atoms with Crippen LogP contribution in [-0.4, -0.2) is 16.2 Å². The standard InChI is InChI=1S/C18H13NO5S/c20-13-3-4-14-11(9-22-15(14)8-13)6-18(21)23-10-12-7-16(24-19-12)17-2-1-5-25-17/h1-5,7-9,20H,6,10H2. The number of aromatic nitrogens is 1. The summed E-state index contributed by atoms with van der Waals surface area (Å²) in [5, 5.41) is 16.1. The number of thiophene rings is 1. The Morgan fingerprint density at radius 3 is 3.04 bits per heavy atom. The molecule has 0 amide bonds. The number of hydrogen-bond acceptors (Lipinski definition) is 7. The van der Waals surface area contributed by atoms with Crippen molar-refractivity contribution >= 4 is 28.3 Å². The lowest BCUT2D eigenvalue weighted by molar-refractivity contribution is -0.144. The first kappa shape index (κ1) is 15.5. The molecule has 0 aliphatic rings. The van der Waals surface area contributed by atoms with Gasteiger partial charge in [0.2, 0.25) is 0 Å². The highest BCUT2D eigenvalue weighted by Gasteiger charge is 2.14. The minimum atomic E-state index is -0.392. The highest BCUT2D eigenvalue weighted by molar-refractivity contribution is 7.13. The third kappa shape index (κ3) is 3.27. The predicted molar refractivity (Wildman–Crippen MR) is 91.2 cm³/mol. The Balaban J connectivity index is 1.39. The molecule has 0 fully saturated rings. The topological polar surface area (TPSA) is 85.7 Å². The van der Waals surface area contributed by atoms with Crippen molar-refractivity contribution in [2.45, 2.75) is 13.0 Å². The SMILES string of the molecule is O=C(Cc1coc2cc(O)ccc12)OCc1cc(-c2cccs2)on1. The molecule has 0 bridgehead atoms. The van der Waals surface area contributed by atoms with Crippen molar-refractivity contribution in [3.63, 3.8) is 0 Å². The number of esters is 1. The van der Waals surface area contributed by atoms with Crippen LogP contribution in [0.3, 0.4) is 0 Å². The monoisotopic (exact) mass is 355 g/mol. The quantitative estimate of drug-likeness (QED) is 0.542. The van der Waals surface area contributed by atoms with Crippen LogP contribution < -0.4 is 0 Å². The second-order valence-electron chi connectivity index (χ2n) is 5.44. The second-order valence-corrected chi connectivity index (χ2v) is 6.39. The molecule has 7 heteroatoms. The number of fused-ring (bicyclic) bond motifs is 1. The van der Waals surface area contributed by atoms with E-state index in [-0.39, 0.29) is 18.8 Å². The number of nitrogens with zero attached hydrogens (tertiary/aromatic N) is 1. The Bertz CT molecular complexity index is 1020. The van der Waals surface area contributed by atoms with Gasteiger partial charge in [-0.05, 0) is 23.6 Å². The first-order valence-electron chi connectivity index (χ1n) is 7.53. The molecule has 3 heterocycles. The first-order valence-corrected chi connectivity index (χ1v) is 8.41. The molecule has 1 aromatic carbocycles. The number of phenolic OH excluding ortho intramolecular Hbond substituents is 1. The number of aromatic hydroxyl groups is 1. The number of phenols is 1. The molecule has 0 saturated carbocycles. The van der Waals surface area contributed by atoms with E-state index >= 15 is 0 Å². The minimum absolute atomic E-state index is 0.0459. The fraction of sp³-hybridized carbons (Fsp3) is 0.111. The molecule has 3 aromatic heterocycles. The summed E-state index contributed by atoms with van der Waals surface area (Å²) in [5.74, 6) is 0.377. The molecule has 0 aliphatic heterocycles. The van der Waals surface area contributed by atoms with E-state index in [0.29, 0.717) is 22.6 Å². The van der Waals surface area contributed by atoms with Crippen molar-refractivity contribution in [1.82, 2.24) is 5.16 Å². The summed E-state index contributed by atoms with van der Waals surface area (Å²) in [6.45, 7) is 0.0459. The third-order valence-corrected chi connectivity index (χ3v) is 4.56. The summed E-state index contributed by atoms with van der Waals surface area (Å²) in [4.78, 5) is 13.0. The molecule has 0 aliphatic carbocycles. The number of hydrogen-bond donors (Lipinski definition) is 1. The van der Waals surface area contributed by atoms with Crippen molar-refractivity contribution in [2.75, 3.05) is 0 Å². The number of benzene rings is 1. The molecule has 1 N–H and O–H groups in total. The lowest BCUT2D eigenvalue weighted by atomic mass is 10.1. The van der Waals surface area contributed by atoms with Crippen molar-refractivity contribution < 1.29 is 23.6 Å². The maximum absolute atomic E-state index is 12.1. The molecule has 4 rings (SSSR count). The van der Waals surface area contributed by atoms with E-state index in [0.717, 1.165) is 10.3 Å². The third-order valence-electron chi connectivity index (χ3n) is 3.68. The average Bonchev–Trinajstić information content (AvgIpc) is 3.33. The normalized spacial score (nSPS) is 11.0. The van der Waals surface area contributed by atoms with Crippen molar-refractivity contribution in [3.8, 4) is 16.4 Å². The molecule has 126 valence electrons. The Morgan fingerprint density at radius 1 is 1.28 bits per heavy atom. The van der Waals surface area contributed by atoms with E-state index in [1.807, 2.05) is 17.5 Å². The molecule has 0 saturated heterocycles. The van der Waals surface area contributed by atoms with Crippen LogP contribution in [0.4, 0.5) is 0 Å². The van der Waals surface area contributed by atoms with Gasteiger partial charge in [-0.3, -0.25) is 4.79 Å². The number of carbonyl (C=O) groups excluding carboxylic acids is 1. The van der Waals surface area contributed by atoms with Gasteiger partial charge in [-0.1, -0.05) is 11.2 Å². The molecule has 0 radical (unpaired) electrons. The Kier molecular flexibility index (Phi) is 3.99. The summed E-state index contributed by atoms with van der Waals surface area (Å²) in [6, 6.07) is 10.4. The van der Waals surface area contributed by atoms with Gasteiger partial charge in [-0.25, -0.2) is 0 Å². The number of ether oxygens (including phenoxy) is 1. The van der Waals surface area contributed by atoms with Crippen LogP contribution in [0.15, 0.2) is 57.0 Å². The highest BCUT2D eigenvalue weighted by atomic mass is 32.1. The van der Waals surface area contributed by atoms with E-state index in [1.54, 1.807) is 29.5 Å². The Hall–Kier alpha value is -3.06. The van der Waals surface area contributed by atoms with Gasteiger partial charge in [0.05, 0.1) is 17.6 Å². The number of rotatable bonds is 5. The molecular weight excluding hydrogens is 342 g/mol.